The molecule has 2 amide bonds. The average Bonchev–Trinajstić information content (AvgIpc) is 3.03. The first-order valence-electron chi connectivity index (χ1n) is 8.97. The zero-order valence-corrected chi connectivity index (χ0v) is 15.9. The fourth-order valence-electron chi connectivity index (χ4n) is 3.48. The van der Waals surface area contributed by atoms with E-state index in [0.29, 0.717) is 13.1 Å². The predicted molar refractivity (Wildman–Crippen MR) is 91.9 cm³/mol. The average molecular weight is 340 g/mol. The minimum atomic E-state index is -0.509. The molecule has 1 unspecified atom stereocenters. The summed E-state index contributed by atoms with van der Waals surface area (Å²) in [5, 5.41) is 0. The number of carbonyl (C=O) groups is 2. The second-order valence-electron chi connectivity index (χ2n) is 8.77. The number of carbonyl (C=O) groups excluding carboxylic acids is 2. The highest BCUT2D eigenvalue weighted by atomic mass is 16.6. The molecule has 2 aliphatic heterocycles. The molecule has 6 nitrogen and oxygen atoms in total. The van der Waals surface area contributed by atoms with Crippen LogP contribution in [0.15, 0.2) is 0 Å². The summed E-state index contributed by atoms with van der Waals surface area (Å²) in [6, 6.07) is 0.0461. The van der Waals surface area contributed by atoms with Crippen LogP contribution in [0.3, 0.4) is 0 Å². The van der Waals surface area contributed by atoms with Crippen LogP contribution in [-0.2, 0) is 9.47 Å². The maximum Gasteiger partial charge on any atom is 0.410 e. The lowest BCUT2D eigenvalue weighted by molar-refractivity contribution is 0.00230. The summed E-state index contributed by atoms with van der Waals surface area (Å²) >= 11 is 0. The lowest BCUT2D eigenvalue weighted by atomic mass is 10.0. The summed E-state index contributed by atoms with van der Waals surface area (Å²) in [6.45, 7) is 12.6. The molecule has 0 aliphatic carbocycles. The van der Waals surface area contributed by atoms with Gasteiger partial charge in [-0.05, 0) is 67.2 Å². The Morgan fingerprint density at radius 1 is 0.750 bits per heavy atom. The van der Waals surface area contributed by atoms with E-state index in [1.807, 2.05) is 41.5 Å². The molecule has 0 saturated carbocycles. The zero-order chi connectivity index (χ0) is 18.1. The third kappa shape index (κ3) is 4.77. The van der Waals surface area contributed by atoms with Crippen LogP contribution in [0.2, 0.25) is 0 Å². The molecule has 2 fully saturated rings. The van der Waals surface area contributed by atoms with Crippen molar-refractivity contribution in [3.8, 4) is 0 Å². The molecule has 0 bridgehead atoms. The van der Waals surface area contributed by atoms with Gasteiger partial charge in [0.05, 0.1) is 12.1 Å². The van der Waals surface area contributed by atoms with Gasteiger partial charge in [-0.25, -0.2) is 9.59 Å². The zero-order valence-electron chi connectivity index (χ0n) is 15.9. The van der Waals surface area contributed by atoms with Crippen molar-refractivity contribution in [2.75, 3.05) is 13.1 Å². The molecule has 0 N–H and O–H groups in total. The van der Waals surface area contributed by atoms with Gasteiger partial charge >= 0.3 is 12.2 Å². The molecule has 24 heavy (non-hydrogen) atoms. The first-order chi connectivity index (χ1) is 11.0. The van der Waals surface area contributed by atoms with E-state index in [2.05, 4.69) is 0 Å². The van der Waals surface area contributed by atoms with E-state index in [4.69, 9.17) is 9.47 Å². The summed E-state index contributed by atoms with van der Waals surface area (Å²) in [5.74, 6) is 0. The van der Waals surface area contributed by atoms with Crippen molar-refractivity contribution in [2.45, 2.75) is 90.5 Å². The molecular formula is C18H32N2O4. The first-order valence-corrected chi connectivity index (χ1v) is 8.97. The highest BCUT2D eigenvalue weighted by Crippen LogP contribution is 2.32. The van der Waals surface area contributed by atoms with E-state index in [-0.39, 0.29) is 24.3 Å². The Morgan fingerprint density at radius 2 is 1.08 bits per heavy atom. The van der Waals surface area contributed by atoms with Gasteiger partial charge in [-0.15, -0.1) is 0 Å². The maximum atomic E-state index is 12.5. The highest BCUT2D eigenvalue weighted by Gasteiger charge is 2.43. The monoisotopic (exact) mass is 340 g/mol. The van der Waals surface area contributed by atoms with Crippen LogP contribution in [0.1, 0.15) is 67.2 Å². The summed E-state index contributed by atoms with van der Waals surface area (Å²) in [5.41, 5.74) is -1.02. The minimum Gasteiger partial charge on any atom is -0.444 e. The van der Waals surface area contributed by atoms with Gasteiger partial charge in [0.15, 0.2) is 0 Å². The van der Waals surface area contributed by atoms with Gasteiger partial charge < -0.3 is 19.3 Å². The molecule has 0 radical (unpaired) electrons. The number of hydrogen-bond acceptors (Lipinski definition) is 4. The molecule has 2 aliphatic rings. The van der Waals surface area contributed by atoms with E-state index >= 15 is 0 Å². The normalized spacial score (nSPS) is 25.1. The Kier molecular flexibility index (Phi) is 5.35. The second kappa shape index (κ2) is 6.81. The van der Waals surface area contributed by atoms with Gasteiger partial charge in [-0.3, -0.25) is 0 Å². The largest absolute Gasteiger partial charge is 0.444 e. The summed E-state index contributed by atoms with van der Waals surface area (Å²) in [4.78, 5) is 28.6. The molecule has 138 valence electrons. The van der Waals surface area contributed by atoms with Crippen molar-refractivity contribution in [2.24, 2.45) is 0 Å². The topological polar surface area (TPSA) is 59.1 Å². The number of amides is 2. The van der Waals surface area contributed by atoms with E-state index < -0.39 is 11.2 Å². The van der Waals surface area contributed by atoms with E-state index in [0.717, 1.165) is 25.7 Å². The fraction of sp³-hybridized carbons (Fsp3) is 0.889. The van der Waals surface area contributed by atoms with E-state index in [9.17, 15) is 9.59 Å². The lowest BCUT2D eigenvalue weighted by Gasteiger charge is -2.36. The fourth-order valence-corrected chi connectivity index (χ4v) is 3.48. The standard InChI is InChI=1S/C18H32N2O4/c1-17(2,3)23-15(21)19-11-7-9-13(19)14-10-8-12-20(14)16(22)24-18(4,5)6/h13-14H,7-12H2,1-6H3/t13-,14?/m0/s1. The van der Waals surface area contributed by atoms with Crippen molar-refractivity contribution in [1.29, 1.82) is 0 Å². The first kappa shape index (κ1) is 18.9. The third-order valence-electron chi connectivity index (χ3n) is 4.30. The number of nitrogens with zero attached hydrogens (tertiary/aromatic N) is 2. The minimum absolute atomic E-state index is 0.0230. The van der Waals surface area contributed by atoms with Crippen LogP contribution in [0.4, 0.5) is 9.59 Å². The van der Waals surface area contributed by atoms with Gasteiger partial charge in [0.25, 0.3) is 0 Å². The molecule has 2 atom stereocenters. The SMILES string of the molecule is CC(C)(C)OC(=O)N1CCCC1[C@@H]1CCCN1C(=O)OC(C)(C)C. The molecule has 6 heteroatoms. The van der Waals surface area contributed by atoms with Crippen LogP contribution in [-0.4, -0.2) is 58.4 Å². The van der Waals surface area contributed by atoms with Crippen LogP contribution in [0.25, 0.3) is 0 Å². The Labute approximate surface area is 145 Å². The molecule has 2 heterocycles. The molecule has 2 saturated heterocycles. The predicted octanol–water partition coefficient (Wildman–Crippen LogP) is 3.79. The van der Waals surface area contributed by atoms with Crippen LogP contribution in [0, 0.1) is 0 Å². The number of likely N-dealkylation sites (tertiary alicyclic amines) is 2. The molecule has 0 spiro atoms. The van der Waals surface area contributed by atoms with Crippen LogP contribution in [0.5, 0.6) is 0 Å². The number of hydrogen-bond donors (Lipinski definition) is 0. The van der Waals surface area contributed by atoms with Crippen LogP contribution < -0.4 is 0 Å². The highest BCUT2D eigenvalue weighted by molar-refractivity contribution is 5.71. The quantitative estimate of drug-likeness (QED) is 0.729. The van der Waals surface area contributed by atoms with Crippen molar-refractivity contribution in [3.63, 3.8) is 0 Å². The van der Waals surface area contributed by atoms with Crippen molar-refractivity contribution in [3.05, 3.63) is 0 Å². The molecule has 0 aromatic carbocycles. The van der Waals surface area contributed by atoms with Gasteiger partial charge in [-0.2, -0.15) is 0 Å². The summed E-state index contributed by atoms with van der Waals surface area (Å²) in [7, 11) is 0. The second-order valence-corrected chi connectivity index (χ2v) is 8.77. The molecule has 0 aromatic rings. The van der Waals surface area contributed by atoms with Gasteiger partial charge in [0.2, 0.25) is 0 Å². The molecular weight excluding hydrogens is 308 g/mol. The third-order valence-corrected chi connectivity index (χ3v) is 4.30. The summed E-state index contributed by atoms with van der Waals surface area (Å²) in [6.07, 6.45) is 3.15. The van der Waals surface area contributed by atoms with E-state index in [1.54, 1.807) is 9.80 Å². The smallest absolute Gasteiger partial charge is 0.410 e. The Bertz CT molecular complexity index is 434. The van der Waals surface area contributed by atoms with E-state index in [1.165, 1.54) is 0 Å². The Hall–Kier alpha value is -1.46. The molecule has 0 aromatic heterocycles. The summed E-state index contributed by atoms with van der Waals surface area (Å²) < 4.78 is 11.1. The van der Waals surface area contributed by atoms with Gasteiger partial charge in [-0.1, -0.05) is 0 Å². The Balaban J connectivity index is 2.07. The van der Waals surface area contributed by atoms with Crippen molar-refractivity contribution in [1.82, 2.24) is 9.80 Å². The van der Waals surface area contributed by atoms with Gasteiger partial charge in [0, 0.05) is 13.1 Å². The van der Waals surface area contributed by atoms with Crippen LogP contribution >= 0.6 is 0 Å². The Morgan fingerprint density at radius 3 is 1.38 bits per heavy atom. The maximum absolute atomic E-state index is 12.5. The van der Waals surface area contributed by atoms with Crippen molar-refractivity contribution < 1.29 is 19.1 Å². The number of rotatable bonds is 1. The lowest BCUT2D eigenvalue weighted by Crippen LogP contribution is -2.51. The van der Waals surface area contributed by atoms with Crippen molar-refractivity contribution >= 4 is 12.2 Å². The molecule has 2 rings (SSSR count). The number of ether oxygens (including phenoxy) is 2. The van der Waals surface area contributed by atoms with Gasteiger partial charge in [0.1, 0.15) is 11.2 Å².